The lowest BCUT2D eigenvalue weighted by atomic mass is 9.96. The molecule has 1 fully saturated rings. The summed E-state index contributed by atoms with van der Waals surface area (Å²) in [7, 11) is 0. The molecule has 9 heteroatoms. The number of anilines is 1. The van der Waals surface area contributed by atoms with Gasteiger partial charge in [0.25, 0.3) is 5.91 Å². The van der Waals surface area contributed by atoms with Crippen LogP contribution in [0, 0.1) is 5.92 Å². The van der Waals surface area contributed by atoms with Gasteiger partial charge in [-0.1, -0.05) is 0 Å². The third-order valence-electron chi connectivity index (χ3n) is 5.74. The van der Waals surface area contributed by atoms with Crippen LogP contribution >= 0.6 is 11.8 Å². The van der Waals surface area contributed by atoms with Crippen LogP contribution in [0.1, 0.15) is 37.0 Å². The number of likely N-dealkylation sites (tertiary alicyclic amines) is 1. The number of thioether (sulfide) groups is 1. The predicted octanol–water partition coefficient (Wildman–Crippen LogP) is 1.33. The third kappa shape index (κ3) is 4.61. The summed E-state index contributed by atoms with van der Waals surface area (Å²) < 4.78 is 0. The van der Waals surface area contributed by atoms with Crippen LogP contribution in [0.15, 0.2) is 23.1 Å². The molecule has 1 aromatic rings. The zero-order valence-corrected chi connectivity index (χ0v) is 18.2. The van der Waals surface area contributed by atoms with Crippen molar-refractivity contribution in [1.29, 1.82) is 0 Å². The normalized spacial score (nSPS) is 16.9. The first-order chi connectivity index (χ1) is 14.3. The van der Waals surface area contributed by atoms with Gasteiger partial charge in [0.15, 0.2) is 0 Å². The molecule has 8 nitrogen and oxygen atoms in total. The van der Waals surface area contributed by atoms with Crippen LogP contribution in [0.2, 0.25) is 0 Å². The van der Waals surface area contributed by atoms with Crippen molar-refractivity contribution in [3.05, 3.63) is 23.8 Å². The maximum absolute atomic E-state index is 12.9. The van der Waals surface area contributed by atoms with E-state index in [1.807, 2.05) is 19.9 Å². The number of hydrogen-bond acceptors (Lipinski definition) is 5. The summed E-state index contributed by atoms with van der Waals surface area (Å²) in [5.41, 5.74) is 6.47. The summed E-state index contributed by atoms with van der Waals surface area (Å²) in [6, 6.07) is 5.34. The van der Waals surface area contributed by atoms with E-state index in [1.165, 1.54) is 16.7 Å². The lowest BCUT2D eigenvalue weighted by molar-refractivity contribution is -0.134. The van der Waals surface area contributed by atoms with Gasteiger partial charge < -0.3 is 20.4 Å². The highest BCUT2D eigenvalue weighted by atomic mass is 32.2. The molecule has 0 aliphatic carbocycles. The number of primary amides is 1. The molecule has 0 radical (unpaired) electrons. The van der Waals surface area contributed by atoms with E-state index in [0.717, 1.165) is 4.90 Å². The zero-order chi connectivity index (χ0) is 21.8. The molecule has 4 amide bonds. The SMILES string of the molecule is CCN(CC)C(=O)c1ccc2c(c1)N(CC(=O)N1CCC(C(N)=O)CC1)C(=O)CS2. The summed E-state index contributed by atoms with van der Waals surface area (Å²) in [6.45, 7) is 5.88. The highest BCUT2D eigenvalue weighted by Gasteiger charge is 2.31. The van der Waals surface area contributed by atoms with E-state index in [1.54, 1.807) is 21.9 Å². The molecular weight excluding hydrogens is 404 g/mol. The molecule has 2 N–H and O–H groups in total. The molecule has 2 aliphatic heterocycles. The molecule has 1 aromatic carbocycles. The van der Waals surface area contributed by atoms with E-state index in [0.29, 0.717) is 50.3 Å². The van der Waals surface area contributed by atoms with Crippen molar-refractivity contribution in [2.24, 2.45) is 11.7 Å². The van der Waals surface area contributed by atoms with Gasteiger partial charge in [-0.25, -0.2) is 0 Å². The summed E-state index contributed by atoms with van der Waals surface area (Å²) >= 11 is 1.41. The highest BCUT2D eigenvalue weighted by Crippen LogP contribution is 2.36. The average molecular weight is 433 g/mol. The Bertz CT molecular complexity index is 847. The van der Waals surface area contributed by atoms with E-state index >= 15 is 0 Å². The number of rotatable bonds is 6. The second-order valence-corrected chi connectivity index (χ2v) is 8.50. The monoisotopic (exact) mass is 432 g/mol. The molecule has 30 heavy (non-hydrogen) atoms. The Labute approximate surface area is 180 Å². The maximum atomic E-state index is 12.9. The van der Waals surface area contributed by atoms with Crippen molar-refractivity contribution in [2.45, 2.75) is 31.6 Å². The molecule has 0 bridgehead atoms. The molecule has 0 aromatic heterocycles. The van der Waals surface area contributed by atoms with E-state index < -0.39 is 0 Å². The standard InChI is InChI=1S/C21H28N4O4S/c1-3-23(4-2)21(29)15-5-6-17-16(11-15)25(19(27)13-30-17)12-18(26)24-9-7-14(8-10-24)20(22)28/h5-6,11,14H,3-4,7-10,12-13H2,1-2H3,(H2,22,28). The Hall–Kier alpha value is -2.55. The van der Waals surface area contributed by atoms with Gasteiger partial charge in [0.05, 0.1) is 11.4 Å². The number of amides is 4. The zero-order valence-electron chi connectivity index (χ0n) is 17.4. The maximum Gasteiger partial charge on any atom is 0.253 e. The van der Waals surface area contributed by atoms with Gasteiger partial charge in [-0.05, 0) is 44.9 Å². The predicted molar refractivity (Wildman–Crippen MR) is 115 cm³/mol. The fourth-order valence-corrected chi connectivity index (χ4v) is 4.77. The van der Waals surface area contributed by atoms with Crippen LogP contribution in [-0.2, 0) is 14.4 Å². The van der Waals surface area contributed by atoms with Gasteiger partial charge in [0.2, 0.25) is 17.7 Å². The number of fused-ring (bicyclic) bond motifs is 1. The first kappa shape index (κ1) is 22.1. The van der Waals surface area contributed by atoms with Crippen molar-refractivity contribution in [2.75, 3.05) is 43.4 Å². The molecule has 3 rings (SSSR count). The molecule has 1 saturated heterocycles. The van der Waals surface area contributed by atoms with Gasteiger partial charge in [0.1, 0.15) is 6.54 Å². The highest BCUT2D eigenvalue weighted by molar-refractivity contribution is 8.00. The van der Waals surface area contributed by atoms with Gasteiger partial charge >= 0.3 is 0 Å². The number of carbonyl (C=O) groups excluding carboxylic acids is 4. The summed E-state index contributed by atoms with van der Waals surface area (Å²) in [6.07, 6.45) is 1.09. The number of benzene rings is 1. The summed E-state index contributed by atoms with van der Waals surface area (Å²) in [5.74, 6) is -0.676. The fraction of sp³-hybridized carbons (Fsp3) is 0.524. The minimum atomic E-state index is -0.329. The van der Waals surface area contributed by atoms with Gasteiger partial charge in [-0.15, -0.1) is 11.8 Å². The largest absolute Gasteiger partial charge is 0.369 e. The summed E-state index contributed by atoms with van der Waals surface area (Å²) in [4.78, 5) is 55.3. The topological polar surface area (TPSA) is 104 Å². The molecule has 162 valence electrons. The fourth-order valence-electron chi connectivity index (χ4n) is 3.85. The molecule has 2 aliphatic rings. The molecule has 0 saturated carbocycles. The smallest absolute Gasteiger partial charge is 0.253 e. The lowest BCUT2D eigenvalue weighted by Crippen LogP contribution is -2.48. The van der Waals surface area contributed by atoms with Crippen LogP contribution in [0.25, 0.3) is 0 Å². The second-order valence-electron chi connectivity index (χ2n) is 7.49. The quantitative estimate of drug-likeness (QED) is 0.730. The van der Waals surface area contributed by atoms with Crippen LogP contribution in [0.5, 0.6) is 0 Å². The molecule has 0 spiro atoms. The number of carbonyl (C=O) groups is 4. The Balaban J connectivity index is 1.77. The minimum Gasteiger partial charge on any atom is -0.369 e. The first-order valence-corrected chi connectivity index (χ1v) is 11.3. The summed E-state index contributed by atoms with van der Waals surface area (Å²) in [5, 5.41) is 0. The van der Waals surface area contributed by atoms with Crippen LogP contribution in [0.3, 0.4) is 0 Å². The van der Waals surface area contributed by atoms with Gasteiger partial charge in [-0.2, -0.15) is 0 Å². The Kier molecular flexibility index (Phi) is 7.02. The van der Waals surface area contributed by atoms with Gasteiger partial charge in [-0.3, -0.25) is 19.2 Å². The van der Waals surface area contributed by atoms with E-state index in [4.69, 9.17) is 5.73 Å². The molecular formula is C21H28N4O4S. The first-order valence-electron chi connectivity index (χ1n) is 10.3. The third-order valence-corrected chi connectivity index (χ3v) is 6.79. The number of hydrogen-bond donors (Lipinski definition) is 1. The minimum absolute atomic E-state index is 0.0729. The number of nitrogens with two attached hydrogens (primary N) is 1. The van der Waals surface area contributed by atoms with Crippen molar-refractivity contribution in [3.63, 3.8) is 0 Å². The van der Waals surface area contributed by atoms with E-state index in [2.05, 4.69) is 0 Å². The van der Waals surface area contributed by atoms with Crippen LogP contribution < -0.4 is 10.6 Å². The molecule has 0 unspecified atom stereocenters. The Morgan fingerprint density at radius 3 is 2.43 bits per heavy atom. The van der Waals surface area contributed by atoms with Gasteiger partial charge in [0, 0.05) is 42.6 Å². The van der Waals surface area contributed by atoms with Crippen molar-refractivity contribution >= 4 is 41.1 Å². The number of piperidine rings is 1. The molecule has 0 atom stereocenters. The van der Waals surface area contributed by atoms with E-state index in [9.17, 15) is 19.2 Å². The van der Waals surface area contributed by atoms with Crippen molar-refractivity contribution < 1.29 is 19.2 Å². The van der Waals surface area contributed by atoms with E-state index in [-0.39, 0.29) is 41.8 Å². The lowest BCUT2D eigenvalue weighted by Gasteiger charge is -2.34. The number of nitrogens with zero attached hydrogens (tertiary/aromatic N) is 3. The second kappa shape index (κ2) is 9.51. The van der Waals surface area contributed by atoms with Crippen LogP contribution in [-0.4, -0.2) is 71.9 Å². The van der Waals surface area contributed by atoms with Crippen molar-refractivity contribution in [1.82, 2.24) is 9.80 Å². The average Bonchev–Trinajstić information content (AvgIpc) is 2.76. The molecule has 2 heterocycles. The van der Waals surface area contributed by atoms with Crippen LogP contribution in [0.4, 0.5) is 5.69 Å². The van der Waals surface area contributed by atoms with Crippen molar-refractivity contribution in [3.8, 4) is 0 Å². The Morgan fingerprint density at radius 2 is 1.83 bits per heavy atom. The Morgan fingerprint density at radius 1 is 1.17 bits per heavy atom.